The third-order valence-electron chi connectivity index (χ3n) is 4.85. The minimum absolute atomic E-state index is 0.0475. The Balaban J connectivity index is 1.57. The summed E-state index contributed by atoms with van der Waals surface area (Å²) in [5.74, 6) is 0.388. The van der Waals surface area contributed by atoms with Crippen LogP contribution in [0.3, 0.4) is 0 Å². The van der Waals surface area contributed by atoms with Crippen LogP contribution in [0.2, 0.25) is 0 Å². The Hall–Kier alpha value is -1.83. The van der Waals surface area contributed by atoms with E-state index in [-0.39, 0.29) is 10.8 Å². The van der Waals surface area contributed by atoms with Crippen LogP contribution < -0.4 is 5.32 Å². The first-order chi connectivity index (χ1) is 13.4. The zero-order chi connectivity index (χ0) is 20.0. The number of nitrogens with zero attached hydrogens (tertiary/aromatic N) is 1. The highest BCUT2D eigenvalue weighted by molar-refractivity contribution is 8.00. The lowest BCUT2D eigenvalue weighted by atomic mass is 10.2. The molecule has 0 aliphatic heterocycles. The van der Waals surface area contributed by atoms with Crippen LogP contribution in [0.15, 0.2) is 59.5 Å². The molecule has 1 amide bonds. The summed E-state index contributed by atoms with van der Waals surface area (Å²) in [7, 11) is -2.02. The molecular weight excluding hydrogens is 392 g/mol. The summed E-state index contributed by atoms with van der Waals surface area (Å²) in [5, 5.41) is 3.44. The van der Waals surface area contributed by atoms with Gasteiger partial charge in [-0.15, -0.1) is 11.8 Å². The van der Waals surface area contributed by atoms with Gasteiger partial charge in [0.15, 0.2) is 0 Å². The van der Waals surface area contributed by atoms with Crippen LogP contribution in [0.25, 0.3) is 0 Å². The van der Waals surface area contributed by atoms with E-state index >= 15 is 0 Å². The Kier molecular flexibility index (Phi) is 7.15. The van der Waals surface area contributed by atoms with E-state index in [4.69, 9.17) is 0 Å². The van der Waals surface area contributed by atoms with Crippen LogP contribution in [-0.4, -0.2) is 36.7 Å². The van der Waals surface area contributed by atoms with Crippen LogP contribution in [0.1, 0.15) is 31.2 Å². The molecule has 0 unspecified atom stereocenters. The van der Waals surface area contributed by atoms with E-state index < -0.39 is 10.0 Å². The quantitative estimate of drug-likeness (QED) is 0.700. The normalized spacial score (nSPS) is 15.1. The maximum Gasteiger partial charge on any atom is 0.243 e. The Labute approximate surface area is 171 Å². The lowest BCUT2D eigenvalue weighted by Gasteiger charge is -2.17. The van der Waals surface area contributed by atoms with Gasteiger partial charge >= 0.3 is 0 Å². The summed E-state index contributed by atoms with van der Waals surface area (Å²) in [5.41, 5.74) is 1.54. The lowest BCUT2D eigenvalue weighted by Crippen LogP contribution is -2.26. The third-order valence-corrected chi connectivity index (χ3v) is 8.04. The highest BCUT2D eigenvalue weighted by Crippen LogP contribution is 2.29. The van der Waals surface area contributed by atoms with Gasteiger partial charge < -0.3 is 5.32 Å². The third kappa shape index (κ3) is 5.59. The van der Waals surface area contributed by atoms with Crippen molar-refractivity contribution in [2.24, 2.45) is 0 Å². The minimum Gasteiger partial charge on any atom is -0.325 e. The van der Waals surface area contributed by atoms with Crippen molar-refractivity contribution in [3.8, 4) is 0 Å². The summed E-state index contributed by atoms with van der Waals surface area (Å²) >= 11 is 1.71. The molecule has 0 saturated heterocycles. The predicted molar refractivity (Wildman–Crippen MR) is 115 cm³/mol. The number of anilines is 1. The molecule has 2 aromatic carbocycles. The number of hydrogen-bond donors (Lipinski definition) is 1. The average Bonchev–Trinajstić information content (AvgIpc) is 3.21. The summed E-state index contributed by atoms with van der Waals surface area (Å²) in [6, 6.07) is 15.8. The minimum atomic E-state index is -3.59. The summed E-state index contributed by atoms with van der Waals surface area (Å²) in [4.78, 5) is 12.3. The van der Waals surface area contributed by atoms with Gasteiger partial charge in [-0.3, -0.25) is 4.79 Å². The molecule has 1 aliphatic carbocycles. The van der Waals surface area contributed by atoms with Crippen molar-refractivity contribution in [2.75, 3.05) is 18.1 Å². The fourth-order valence-corrected chi connectivity index (χ4v) is 5.55. The molecule has 0 spiro atoms. The molecule has 1 saturated carbocycles. The highest BCUT2D eigenvalue weighted by Gasteiger charge is 2.21. The molecule has 28 heavy (non-hydrogen) atoms. The van der Waals surface area contributed by atoms with Gasteiger partial charge in [0.1, 0.15) is 0 Å². The van der Waals surface area contributed by atoms with E-state index in [2.05, 4.69) is 5.32 Å². The molecule has 7 heteroatoms. The number of amides is 1. The fourth-order valence-electron chi connectivity index (χ4n) is 3.26. The van der Waals surface area contributed by atoms with Crippen LogP contribution >= 0.6 is 11.8 Å². The van der Waals surface area contributed by atoms with Crippen LogP contribution in [0.4, 0.5) is 5.69 Å². The summed E-state index contributed by atoms with van der Waals surface area (Å²) in [6.45, 7) is 0.306. The Bertz CT molecular complexity index is 878. The van der Waals surface area contributed by atoms with E-state index in [9.17, 15) is 13.2 Å². The number of nitrogens with one attached hydrogen (secondary N) is 1. The van der Waals surface area contributed by atoms with Crippen molar-refractivity contribution < 1.29 is 13.2 Å². The second-order valence-corrected chi connectivity index (χ2v) is 10.4. The van der Waals surface area contributed by atoms with Gasteiger partial charge in [-0.2, -0.15) is 4.31 Å². The molecule has 0 atom stereocenters. The molecule has 0 aromatic heterocycles. The molecule has 3 rings (SSSR count). The largest absolute Gasteiger partial charge is 0.325 e. The summed E-state index contributed by atoms with van der Waals surface area (Å²) in [6.07, 6.45) is 4.91. The van der Waals surface area contributed by atoms with E-state index in [1.54, 1.807) is 30.9 Å². The van der Waals surface area contributed by atoms with Gasteiger partial charge in [0.25, 0.3) is 0 Å². The number of rotatable bonds is 8. The molecule has 2 aromatic rings. The number of carbonyl (C=O) groups is 1. The first kappa shape index (κ1) is 20.9. The number of benzene rings is 2. The topological polar surface area (TPSA) is 66.5 Å². The van der Waals surface area contributed by atoms with E-state index in [0.29, 0.717) is 23.2 Å². The lowest BCUT2D eigenvalue weighted by molar-refractivity contribution is -0.113. The maximum atomic E-state index is 12.8. The Morgan fingerprint density at radius 1 is 1.07 bits per heavy atom. The van der Waals surface area contributed by atoms with E-state index in [1.165, 1.54) is 42.1 Å². The molecule has 0 radical (unpaired) electrons. The van der Waals surface area contributed by atoms with Crippen molar-refractivity contribution in [3.05, 3.63) is 60.2 Å². The molecule has 1 aliphatic rings. The second-order valence-electron chi connectivity index (χ2n) is 7.04. The monoisotopic (exact) mass is 418 g/mol. The van der Waals surface area contributed by atoms with Gasteiger partial charge in [0, 0.05) is 24.5 Å². The van der Waals surface area contributed by atoms with E-state index in [1.807, 2.05) is 30.3 Å². The zero-order valence-electron chi connectivity index (χ0n) is 16.0. The first-order valence-electron chi connectivity index (χ1n) is 9.47. The van der Waals surface area contributed by atoms with Crippen LogP contribution in [0.5, 0.6) is 0 Å². The molecule has 1 fully saturated rings. The number of sulfonamides is 1. The molecule has 0 bridgehead atoms. The highest BCUT2D eigenvalue weighted by atomic mass is 32.2. The van der Waals surface area contributed by atoms with Crippen molar-refractivity contribution in [1.82, 2.24) is 4.31 Å². The fraction of sp³-hybridized carbons (Fsp3) is 0.381. The Morgan fingerprint density at radius 2 is 1.71 bits per heavy atom. The van der Waals surface area contributed by atoms with Crippen molar-refractivity contribution in [1.29, 1.82) is 0 Å². The molecular formula is C21H26N2O3S2. The van der Waals surface area contributed by atoms with Gasteiger partial charge in [0.2, 0.25) is 15.9 Å². The molecule has 0 heterocycles. The van der Waals surface area contributed by atoms with Gasteiger partial charge in [0.05, 0.1) is 10.6 Å². The maximum absolute atomic E-state index is 12.8. The molecule has 150 valence electrons. The summed E-state index contributed by atoms with van der Waals surface area (Å²) < 4.78 is 26.8. The first-order valence-corrected chi connectivity index (χ1v) is 12.0. The number of thioether (sulfide) groups is 1. The number of carbonyl (C=O) groups excluding carboxylic acids is 1. The Morgan fingerprint density at radius 3 is 2.36 bits per heavy atom. The van der Waals surface area contributed by atoms with E-state index in [0.717, 1.165) is 5.56 Å². The van der Waals surface area contributed by atoms with Crippen molar-refractivity contribution in [3.63, 3.8) is 0 Å². The zero-order valence-corrected chi connectivity index (χ0v) is 17.6. The predicted octanol–water partition coefficient (Wildman–Crippen LogP) is 4.12. The smallest absolute Gasteiger partial charge is 0.243 e. The SMILES string of the molecule is CN(Cc1ccccc1)S(=O)(=O)c1ccc(NC(=O)CSC2CCCC2)cc1. The number of hydrogen-bond acceptors (Lipinski definition) is 4. The molecule has 5 nitrogen and oxygen atoms in total. The van der Waals surface area contributed by atoms with Crippen LogP contribution in [0, 0.1) is 0 Å². The van der Waals surface area contributed by atoms with Gasteiger partial charge in [-0.05, 0) is 42.7 Å². The second kappa shape index (κ2) is 9.58. The van der Waals surface area contributed by atoms with Crippen molar-refractivity contribution in [2.45, 2.75) is 42.4 Å². The standard InChI is InChI=1S/C21H26N2O3S2/c1-23(15-17-7-3-2-4-8-17)28(25,26)20-13-11-18(12-14-20)22-21(24)16-27-19-9-5-6-10-19/h2-4,7-8,11-14,19H,5-6,9-10,15-16H2,1H3,(H,22,24). The molecule has 1 N–H and O–H groups in total. The van der Waals surface area contributed by atoms with Gasteiger partial charge in [-0.25, -0.2) is 8.42 Å². The van der Waals surface area contributed by atoms with Crippen LogP contribution in [-0.2, 0) is 21.4 Å². The van der Waals surface area contributed by atoms with Gasteiger partial charge in [-0.1, -0.05) is 43.2 Å². The van der Waals surface area contributed by atoms with Crippen molar-refractivity contribution >= 4 is 33.4 Å². The average molecular weight is 419 g/mol.